The number of halogens is 1. The molecule has 8 heteroatoms. The topological polar surface area (TPSA) is 82.6 Å². The maximum absolute atomic E-state index is 13.0. The number of hydrogen-bond acceptors (Lipinski definition) is 6. The van der Waals surface area contributed by atoms with Crippen LogP contribution in [0.15, 0.2) is 78.9 Å². The fourth-order valence-electron chi connectivity index (χ4n) is 3.30. The maximum Gasteiger partial charge on any atom is 0.255 e. The number of fused-ring (bicyclic) bond motifs is 1. The number of nitrogens with zero attached hydrogens (tertiary/aromatic N) is 2. The molecule has 1 aliphatic heterocycles. The Hall–Kier alpha value is -4.46. The largest absolute Gasteiger partial charge is 0.486 e. The van der Waals surface area contributed by atoms with Crippen LogP contribution in [-0.2, 0) is 0 Å². The van der Waals surface area contributed by atoms with Gasteiger partial charge in [0.25, 0.3) is 5.91 Å². The van der Waals surface area contributed by atoms with Crippen LogP contribution >= 0.6 is 0 Å². The molecule has 0 radical (unpaired) electrons. The summed E-state index contributed by atoms with van der Waals surface area (Å²) in [5.74, 6) is 1.38. The Morgan fingerprint density at radius 1 is 0.879 bits per heavy atom. The van der Waals surface area contributed by atoms with E-state index in [0.717, 1.165) is 5.56 Å². The van der Waals surface area contributed by atoms with Crippen LogP contribution in [0, 0.1) is 5.82 Å². The number of benzene rings is 3. The first-order valence-electron chi connectivity index (χ1n) is 10.2. The molecule has 1 amide bonds. The minimum absolute atomic E-state index is 0.266. The average molecular weight is 443 g/mol. The molecule has 0 bridgehead atoms. The molecule has 2 heterocycles. The average Bonchev–Trinajstić information content (AvgIpc) is 2.86. The molecule has 0 unspecified atom stereocenters. The summed E-state index contributed by atoms with van der Waals surface area (Å²) < 4.78 is 29.7. The number of aromatic nitrogens is 2. The van der Waals surface area contributed by atoms with Gasteiger partial charge in [-0.1, -0.05) is 12.1 Å². The van der Waals surface area contributed by atoms with Gasteiger partial charge in [-0.3, -0.25) is 4.79 Å². The number of nitrogens with one attached hydrogen (secondary N) is 1. The fraction of sp³-hybridized carbons (Fsp3) is 0.0800. The zero-order chi connectivity index (χ0) is 22.6. The molecule has 3 aromatic carbocycles. The maximum atomic E-state index is 13.0. The second-order valence-electron chi connectivity index (χ2n) is 7.21. The molecule has 1 N–H and O–H groups in total. The van der Waals surface area contributed by atoms with Crippen LogP contribution in [0.1, 0.15) is 10.4 Å². The molecule has 4 aromatic rings. The first-order valence-corrected chi connectivity index (χ1v) is 10.2. The van der Waals surface area contributed by atoms with Crippen molar-refractivity contribution in [3.05, 3.63) is 90.2 Å². The minimum atomic E-state index is -0.346. The third-order valence-corrected chi connectivity index (χ3v) is 4.90. The van der Waals surface area contributed by atoms with Gasteiger partial charge >= 0.3 is 0 Å². The van der Waals surface area contributed by atoms with Gasteiger partial charge in [-0.05, 0) is 54.6 Å². The zero-order valence-corrected chi connectivity index (χ0v) is 17.3. The lowest BCUT2D eigenvalue weighted by Gasteiger charge is -2.19. The van der Waals surface area contributed by atoms with E-state index in [1.807, 2.05) is 6.07 Å². The number of carbonyl (C=O) groups is 1. The van der Waals surface area contributed by atoms with Gasteiger partial charge in [-0.25, -0.2) is 4.39 Å². The molecule has 0 saturated carbocycles. The van der Waals surface area contributed by atoms with Crippen molar-refractivity contribution in [2.24, 2.45) is 0 Å². The fourth-order valence-corrected chi connectivity index (χ4v) is 3.30. The van der Waals surface area contributed by atoms with Crippen molar-refractivity contribution < 1.29 is 23.4 Å². The van der Waals surface area contributed by atoms with E-state index in [4.69, 9.17) is 14.2 Å². The third kappa shape index (κ3) is 4.74. The van der Waals surface area contributed by atoms with Gasteiger partial charge in [0.15, 0.2) is 11.5 Å². The predicted octanol–water partition coefficient (Wildman–Crippen LogP) is 5.10. The summed E-state index contributed by atoms with van der Waals surface area (Å²) in [5.41, 5.74) is 2.38. The minimum Gasteiger partial charge on any atom is -0.486 e. The second kappa shape index (κ2) is 8.96. The van der Waals surface area contributed by atoms with Gasteiger partial charge in [-0.15, -0.1) is 10.2 Å². The summed E-state index contributed by atoms with van der Waals surface area (Å²) in [7, 11) is 0. The standard InChI is InChI=1S/C25H18FN3O4/c26-18-4-7-20(8-5-18)33-24-11-9-21(28-29-24)16-2-1-3-17(14-16)25(30)27-19-6-10-22-23(15-19)32-13-12-31-22/h1-11,14-15H,12-13H2,(H,27,30). The van der Waals surface area contributed by atoms with Crippen LogP contribution in [0.4, 0.5) is 10.1 Å². The summed E-state index contributed by atoms with van der Waals surface area (Å²) in [6.45, 7) is 0.981. The molecule has 1 aliphatic rings. The Bertz CT molecular complexity index is 1290. The molecule has 0 saturated heterocycles. The van der Waals surface area contributed by atoms with Crippen molar-refractivity contribution in [1.82, 2.24) is 10.2 Å². The highest BCUT2D eigenvalue weighted by atomic mass is 19.1. The van der Waals surface area contributed by atoms with Gasteiger partial charge in [-0.2, -0.15) is 0 Å². The molecular formula is C25H18FN3O4. The van der Waals surface area contributed by atoms with E-state index in [0.29, 0.717) is 47.4 Å². The van der Waals surface area contributed by atoms with E-state index < -0.39 is 0 Å². The lowest BCUT2D eigenvalue weighted by atomic mass is 10.1. The molecule has 0 fully saturated rings. The first-order chi connectivity index (χ1) is 16.1. The van der Waals surface area contributed by atoms with E-state index in [9.17, 15) is 9.18 Å². The Morgan fingerprint density at radius 2 is 1.70 bits per heavy atom. The van der Waals surface area contributed by atoms with Crippen LogP contribution in [-0.4, -0.2) is 29.3 Å². The van der Waals surface area contributed by atoms with Crippen LogP contribution < -0.4 is 19.5 Å². The van der Waals surface area contributed by atoms with Crippen molar-refractivity contribution in [3.8, 4) is 34.4 Å². The van der Waals surface area contributed by atoms with Crippen molar-refractivity contribution in [3.63, 3.8) is 0 Å². The Kier molecular flexibility index (Phi) is 5.55. The number of ether oxygens (including phenoxy) is 3. The van der Waals surface area contributed by atoms with Crippen LogP contribution in [0.2, 0.25) is 0 Å². The molecule has 0 aliphatic carbocycles. The van der Waals surface area contributed by atoms with E-state index in [-0.39, 0.29) is 17.6 Å². The third-order valence-electron chi connectivity index (χ3n) is 4.90. The first kappa shape index (κ1) is 20.4. The second-order valence-corrected chi connectivity index (χ2v) is 7.21. The Balaban J connectivity index is 1.29. The molecular weight excluding hydrogens is 425 g/mol. The summed E-state index contributed by atoms with van der Waals surface area (Å²) in [5, 5.41) is 11.1. The number of amides is 1. The van der Waals surface area contributed by atoms with E-state index in [1.54, 1.807) is 48.5 Å². The summed E-state index contributed by atoms with van der Waals surface area (Å²) in [4.78, 5) is 12.8. The SMILES string of the molecule is O=C(Nc1ccc2c(c1)OCCO2)c1cccc(-c2ccc(Oc3ccc(F)cc3)nn2)c1. The molecule has 1 aromatic heterocycles. The normalized spacial score (nSPS) is 12.2. The van der Waals surface area contributed by atoms with Gasteiger partial charge in [0, 0.05) is 28.9 Å². The highest BCUT2D eigenvalue weighted by molar-refractivity contribution is 6.05. The summed E-state index contributed by atoms with van der Waals surface area (Å²) in [6, 6.07) is 21.4. The number of rotatable bonds is 5. The molecule has 7 nitrogen and oxygen atoms in total. The zero-order valence-electron chi connectivity index (χ0n) is 17.3. The number of hydrogen-bond donors (Lipinski definition) is 1. The number of anilines is 1. The van der Waals surface area contributed by atoms with E-state index >= 15 is 0 Å². The lowest BCUT2D eigenvalue weighted by Crippen LogP contribution is -2.16. The van der Waals surface area contributed by atoms with Crippen molar-refractivity contribution in [2.45, 2.75) is 0 Å². The van der Waals surface area contributed by atoms with Gasteiger partial charge in [0.2, 0.25) is 5.88 Å². The molecule has 33 heavy (non-hydrogen) atoms. The quantitative estimate of drug-likeness (QED) is 0.462. The van der Waals surface area contributed by atoms with Gasteiger partial charge in [0.05, 0.1) is 5.69 Å². The van der Waals surface area contributed by atoms with Crippen LogP contribution in [0.25, 0.3) is 11.3 Å². The van der Waals surface area contributed by atoms with Gasteiger partial charge in [0.1, 0.15) is 24.8 Å². The molecule has 0 spiro atoms. The summed E-state index contributed by atoms with van der Waals surface area (Å²) in [6.07, 6.45) is 0. The molecule has 0 atom stereocenters. The van der Waals surface area contributed by atoms with Crippen molar-refractivity contribution in [2.75, 3.05) is 18.5 Å². The van der Waals surface area contributed by atoms with E-state index in [2.05, 4.69) is 15.5 Å². The molecule has 164 valence electrons. The smallest absolute Gasteiger partial charge is 0.255 e. The monoisotopic (exact) mass is 443 g/mol. The highest BCUT2D eigenvalue weighted by Crippen LogP contribution is 2.33. The van der Waals surface area contributed by atoms with Gasteiger partial charge < -0.3 is 19.5 Å². The van der Waals surface area contributed by atoms with Crippen LogP contribution in [0.5, 0.6) is 23.1 Å². The summed E-state index contributed by atoms with van der Waals surface area (Å²) >= 11 is 0. The Labute approximate surface area is 188 Å². The molecule has 5 rings (SSSR count). The van der Waals surface area contributed by atoms with Crippen molar-refractivity contribution >= 4 is 11.6 Å². The van der Waals surface area contributed by atoms with E-state index in [1.165, 1.54) is 24.3 Å². The van der Waals surface area contributed by atoms with Crippen LogP contribution in [0.3, 0.4) is 0 Å². The Morgan fingerprint density at radius 3 is 2.48 bits per heavy atom. The van der Waals surface area contributed by atoms with Crippen molar-refractivity contribution in [1.29, 1.82) is 0 Å². The number of carbonyl (C=O) groups excluding carboxylic acids is 1. The highest BCUT2D eigenvalue weighted by Gasteiger charge is 2.14. The lowest BCUT2D eigenvalue weighted by molar-refractivity contribution is 0.102. The predicted molar refractivity (Wildman–Crippen MR) is 119 cm³/mol.